The number of carbonyl (C=O) groups is 1. The first kappa shape index (κ1) is 20.4. The van der Waals surface area contributed by atoms with Crippen molar-refractivity contribution in [2.24, 2.45) is 4.99 Å². The molecule has 0 unspecified atom stereocenters. The molecule has 1 N–H and O–H groups in total. The number of ether oxygens (including phenoxy) is 1. The number of pyridine rings is 1. The van der Waals surface area contributed by atoms with Gasteiger partial charge < -0.3 is 15.0 Å². The smallest absolute Gasteiger partial charge is 0.322 e. The number of anilines is 1. The molecule has 4 rings (SSSR count). The van der Waals surface area contributed by atoms with E-state index in [0.29, 0.717) is 37.0 Å². The molecule has 1 aromatic carbocycles. The van der Waals surface area contributed by atoms with E-state index >= 15 is 0 Å². The van der Waals surface area contributed by atoms with E-state index in [1.807, 2.05) is 57.2 Å². The number of nitrogens with zero attached hydrogens (tertiary/aromatic N) is 3. The zero-order valence-electron chi connectivity index (χ0n) is 17.4. The summed E-state index contributed by atoms with van der Waals surface area (Å²) in [5.74, 6) is 0.581. The van der Waals surface area contributed by atoms with Crippen LogP contribution in [0.25, 0.3) is 5.57 Å². The first-order valence-electron chi connectivity index (χ1n) is 10.0. The van der Waals surface area contributed by atoms with Crippen LogP contribution in [0.15, 0.2) is 47.6 Å². The molecule has 0 saturated heterocycles. The number of amides is 2. The van der Waals surface area contributed by atoms with E-state index < -0.39 is 0 Å². The number of halogens is 1. The van der Waals surface area contributed by atoms with Crippen molar-refractivity contribution in [2.45, 2.75) is 32.7 Å². The van der Waals surface area contributed by atoms with Gasteiger partial charge in [-0.2, -0.15) is 0 Å². The molecular formula is C23H25ClN4O2. The van der Waals surface area contributed by atoms with Gasteiger partial charge in [0.2, 0.25) is 5.90 Å². The van der Waals surface area contributed by atoms with E-state index in [1.54, 1.807) is 11.1 Å². The Kier molecular flexibility index (Phi) is 5.52. The number of hydrogen-bond donors (Lipinski definition) is 1. The first-order valence-corrected chi connectivity index (χ1v) is 10.4. The molecule has 7 heteroatoms. The van der Waals surface area contributed by atoms with Crippen molar-refractivity contribution in [3.05, 3.63) is 64.4 Å². The Morgan fingerprint density at radius 2 is 2.03 bits per heavy atom. The zero-order valence-corrected chi connectivity index (χ0v) is 18.2. The summed E-state index contributed by atoms with van der Waals surface area (Å²) in [6.07, 6.45) is 4.45. The molecule has 0 bridgehead atoms. The molecule has 0 atom stereocenters. The highest BCUT2D eigenvalue weighted by molar-refractivity contribution is 6.32. The quantitative estimate of drug-likeness (QED) is 0.760. The molecule has 2 amide bonds. The van der Waals surface area contributed by atoms with Crippen molar-refractivity contribution in [3.63, 3.8) is 0 Å². The van der Waals surface area contributed by atoms with Crippen LogP contribution in [-0.2, 0) is 4.74 Å². The Hall–Kier alpha value is -2.86. The molecule has 3 heterocycles. The van der Waals surface area contributed by atoms with Crippen molar-refractivity contribution in [3.8, 4) is 0 Å². The van der Waals surface area contributed by atoms with E-state index in [0.717, 1.165) is 28.1 Å². The summed E-state index contributed by atoms with van der Waals surface area (Å²) in [7, 11) is 0. The fourth-order valence-corrected chi connectivity index (χ4v) is 3.72. The maximum Gasteiger partial charge on any atom is 0.322 e. The second-order valence-electron chi connectivity index (χ2n) is 8.29. The van der Waals surface area contributed by atoms with Gasteiger partial charge in [-0.25, -0.2) is 9.79 Å². The number of aryl methyl sites for hydroxylation is 1. The summed E-state index contributed by atoms with van der Waals surface area (Å²) < 4.78 is 5.68. The Morgan fingerprint density at radius 1 is 1.27 bits per heavy atom. The summed E-state index contributed by atoms with van der Waals surface area (Å²) in [6.45, 7) is 7.73. The number of benzene rings is 1. The second-order valence-corrected chi connectivity index (χ2v) is 8.70. The average molecular weight is 425 g/mol. The van der Waals surface area contributed by atoms with Crippen LogP contribution in [-0.4, -0.2) is 47.0 Å². The van der Waals surface area contributed by atoms with Crippen molar-refractivity contribution in [1.82, 2.24) is 9.88 Å². The van der Waals surface area contributed by atoms with Gasteiger partial charge in [0, 0.05) is 25.0 Å². The van der Waals surface area contributed by atoms with Gasteiger partial charge in [0.15, 0.2) is 0 Å². The number of rotatable bonds is 3. The van der Waals surface area contributed by atoms with Crippen LogP contribution in [0.2, 0.25) is 5.02 Å². The molecule has 2 aromatic rings. The number of urea groups is 1. The fraction of sp³-hybridized carbons (Fsp3) is 0.348. The normalized spacial score (nSPS) is 17.8. The SMILES string of the molecule is Cc1ccc(NC(=O)N2CC=C(c3ncc(C4=NC(C)(C)CO4)cc3Cl)CC2)cc1. The number of nitrogens with one attached hydrogen (secondary N) is 1. The molecule has 0 spiro atoms. The minimum absolute atomic E-state index is 0.109. The van der Waals surface area contributed by atoms with Crippen LogP contribution in [0, 0.1) is 6.92 Å². The van der Waals surface area contributed by atoms with Gasteiger partial charge >= 0.3 is 6.03 Å². The van der Waals surface area contributed by atoms with Gasteiger partial charge in [-0.3, -0.25) is 4.98 Å². The van der Waals surface area contributed by atoms with E-state index in [2.05, 4.69) is 15.3 Å². The van der Waals surface area contributed by atoms with Crippen molar-refractivity contribution in [1.29, 1.82) is 0 Å². The van der Waals surface area contributed by atoms with Crippen LogP contribution in [0.5, 0.6) is 0 Å². The number of hydrogen-bond acceptors (Lipinski definition) is 4. The van der Waals surface area contributed by atoms with Crippen molar-refractivity contribution in [2.75, 3.05) is 25.0 Å². The summed E-state index contributed by atoms with van der Waals surface area (Å²) in [6, 6.07) is 9.50. The lowest BCUT2D eigenvalue weighted by atomic mass is 10.0. The van der Waals surface area contributed by atoms with Crippen molar-refractivity contribution >= 4 is 34.8 Å². The average Bonchev–Trinajstić information content (AvgIpc) is 3.09. The molecule has 30 heavy (non-hydrogen) atoms. The third kappa shape index (κ3) is 4.49. The highest BCUT2D eigenvalue weighted by atomic mass is 35.5. The molecule has 0 saturated carbocycles. The summed E-state index contributed by atoms with van der Waals surface area (Å²) >= 11 is 6.52. The summed E-state index contributed by atoms with van der Waals surface area (Å²) in [4.78, 5) is 23.4. The molecule has 156 valence electrons. The number of aromatic nitrogens is 1. The zero-order chi connectivity index (χ0) is 21.3. The highest BCUT2D eigenvalue weighted by Gasteiger charge is 2.28. The lowest BCUT2D eigenvalue weighted by molar-refractivity contribution is 0.217. The van der Waals surface area contributed by atoms with Crippen LogP contribution in [0.4, 0.5) is 10.5 Å². The number of aliphatic imine (C=N–C) groups is 1. The van der Waals surface area contributed by atoms with E-state index in [9.17, 15) is 4.79 Å². The summed E-state index contributed by atoms with van der Waals surface area (Å²) in [5, 5.41) is 3.50. The Morgan fingerprint density at radius 3 is 2.63 bits per heavy atom. The van der Waals surface area contributed by atoms with Gasteiger partial charge in [0.1, 0.15) is 6.61 Å². The molecule has 1 aromatic heterocycles. The Bertz CT molecular complexity index is 1030. The summed E-state index contributed by atoms with van der Waals surface area (Å²) in [5.41, 5.74) is 4.29. The topological polar surface area (TPSA) is 66.8 Å². The largest absolute Gasteiger partial charge is 0.475 e. The minimum atomic E-state index is -0.227. The van der Waals surface area contributed by atoms with E-state index in [4.69, 9.17) is 16.3 Å². The fourth-order valence-electron chi connectivity index (χ4n) is 3.43. The first-order chi connectivity index (χ1) is 14.3. The molecule has 0 fully saturated rings. The van der Waals surface area contributed by atoms with Gasteiger partial charge in [-0.1, -0.05) is 35.4 Å². The molecular weight excluding hydrogens is 400 g/mol. The highest BCUT2D eigenvalue weighted by Crippen LogP contribution is 2.29. The monoisotopic (exact) mass is 424 g/mol. The maximum absolute atomic E-state index is 12.5. The third-order valence-electron chi connectivity index (χ3n) is 5.16. The molecule has 2 aliphatic heterocycles. The Labute approximate surface area is 181 Å². The molecule has 6 nitrogen and oxygen atoms in total. The lowest BCUT2D eigenvalue weighted by Gasteiger charge is -2.27. The molecule has 2 aliphatic rings. The minimum Gasteiger partial charge on any atom is -0.475 e. The van der Waals surface area contributed by atoms with Crippen LogP contribution in [0.1, 0.15) is 37.1 Å². The van der Waals surface area contributed by atoms with Crippen LogP contribution in [0.3, 0.4) is 0 Å². The van der Waals surface area contributed by atoms with E-state index in [1.165, 1.54) is 0 Å². The van der Waals surface area contributed by atoms with Crippen LogP contribution >= 0.6 is 11.6 Å². The Balaban J connectivity index is 1.43. The third-order valence-corrected chi connectivity index (χ3v) is 5.45. The standard InChI is InChI=1S/C23H25ClN4O2/c1-15-4-6-18(7-5-15)26-22(29)28-10-8-16(9-11-28)20-19(24)12-17(13-25-20)21-27-23(2,3)14-30-21/h4-8,12-13H,9-11,14H2,1-3H3,(H,26,29). The second kappa shape index (κ2) is 8.11. The van der Waals surface area contributed by atoms with Gasteiger partial charge in [0.25, 0.3) is 0 Å². The number of carbonyl (C=O) groups excluding carboxylic acids is 1. The lowest BCUT2D eigenvalue weighted by Crippen LogP contribution is -2.37. The predicted octanol–water partition coefficient (Wildman–Crippen LogP) is 4.92. The van der Waals surface area contributed by atoms with E-state index in [-0.39, 0.29) is 11.6 Å². The maximum atomic E-state index is 12.5. The van der Waals surface area contributed by atoms with Gasteiger partial charge in [-0.05, 0) is 51.0 Å². The van der Waals surface area contributed by atoms with Crippen LogP contribution < -0.4 is 5.32 Å². The van der Waals surface area contributed by atoms with Gasteiger partial charge in [-0.15, -0.1) is 0 Å². The van der Waals surface area contributed by atoms with Crippen molar-refractivity contribution < 1.29 is 9.53 Å². The molecule has 0 aliphatic carbocycles. The predicted molar refractivity (Wildman–Crippen MR) is 120 cm³/mol. The van der Waals surface area contributed by atoms with Gasteiger partial charge in [0.05, 0.1) is 21.8 Å². The molecule has 0 radical (unpaired) electrons.